The van der Waals surface area contributed by atoms with Gasteiger partial charge in [0.1, 0.15) is 5.82 Å². The number of carbonyl (C=O) groups is 2. The molecule has 2 aromatic carbocycles. The summed E-state index contributed by atoms with van der Waals surface area (Å²) in [5, 5.41) is 2.78. The zero-order valence-electron chi connectivity index (χ0n) is 14.4. The van der Waals surface area contributed by atoms with Crippen LogP contribution < -0.4 is 10.2 Å². The molecule has 3 aromatic rings. The first-order valence-electron chi connectivity index (χ1n) is 8.67. The third kappa shape index (κ3) is 3.46. The molecule has 0 saturated heterocycles. The van der Waals surface area contributed by atoms with Gasteiger partial charge in [0.2, 0.25) is 0 Å². The number of anilines is 2. The van der Waals surface area contributed by atoms with E-state index in [2.05, 4.69) is 5.32 Å². The molecule has 0 spiro atoms. The molecule has 0 saturated carbocycles. The number of amides is 2. The molecule has 0 aliphatic carbocycles. The molecule has 0 fully saturated rings. The maximum Gasteiger partial charge on any atom is 0.293 e. The summed E-state index contributed by atoms with van der Waals surface area (Å²) in [5.41, 5.74) is 2.64. The van der Waals surface area contributed by atoms with E-state index >= 15 is 0 Å². The number of hydrogen-bond donors (Lipinski definition) is 1. The predicted octanol–water partition coefficient (Wildman–Crippen LogP) is 4.26. The van der Waals surface area contributed by atoms with Gasteiger partial charge < -0.3 is 14.6 Å². The van der Waals surface area contributed by atoms with Gasteiger partial charge in [-0.05, 0) is 66.9 Å². The van der Waals surface area contributed by atoms with Crippen molar-refractivity contribution in [3.63, 3.8) is 0 Å². The molecule has 1 aromatic heterocycles. The van der Waals surface area contributed by atoms with E-state index in [0.717, 1.165) is 24.1 Å². The number of fused-ring (bicyclic) bond motifs is 1. The Balaban J connectivity index is 1.56. The second kappa shape index (κ2) is 7.07. The lowest BCUT2D eigenvalue weighted by Crippen LogP contribution is -2.35. The number of aryl methyl sites for hydroxylation is 1. The highest BCUT2D eigenvalue weighted by Gasteiger charge is 2.25. The molecule has 5 nitrogen and oxygen atoms in total. The number of nitrogens with one attached hydrogen (secondary N) is 1. The van der Waals surface area contributed by atoms with Crippen molar-refractivity contribution < 1.29 is 18.4 Å². The molecule has 1 N–H and O–H groups in total. The van der Waals surface area contributed by atoms with Crippen LogP contribution in [-0.4, -0.2) is 18.4 Å². The van der Waals surface area contributed by atoms with E-state index in [1.165, 1.54) is 24.5 Å². The van der Waals surface area contributed by atoms with Crippen LogP contribution in [0.25, 0.3) is 0 Å². The van der Waals surface area contributed by atoms with Crippen LogP contribution in [0.4, 0.5) is 15.8 Å². The van der Waals surface area contributed by atoms with Crippen LogP contribution in [0.15, 0.2) is 65.3 Å². The summed E-state index contributed by atoms with van der Waals surface area (Å²) in [6.07, 6.45) is 3.10. The minimum Gasteiger partial charge on any atom is -0.459 e. The van der Waals surface area contributed by atoms with Crippen LogP contribution in [-0.2, 0) is 6.42 Å². The summed E-state index contributed by atoms with van der Waals surface area (Å²) in [6, 6.07) is 14.3. The van der Waals surface area contributed by atoms with Crippen molar-refractivity contribution in [1.29, 1.82) is 0 Å². The van der Waals surface area contributed by atoms with Gasteiger partial charge in [0, 0.05) is 23.5 Å². The molecule has 6 heteroatoms. The number of carbonyl (C=O) groups excluding carboxylic acids is 2. The van der Waals surface area contributed by atoms with Gasteiger partial charge in [-0.15, -0.1) is 0 Å². The minimum atomic E-state index is -0.458. The van der Waals surface area contributed by atoms with Gasteiger partial charge in [-0.2, -0.15) is 0 Å². The third-order valence-electron chi connectivity index (χ3n) is 4.52. The lowest BCUT2D eigenvalue weighted by atomic mass is 10.0. The van der Waals surface area contributed by atoms with Crippen LogP contribution in [0.5, 0.6) is 0 Å². The van der Waals surface area contributed by atoms with Gasteiger partial charge >= 0.3 is 0 Å². The van der Waals surface area contributed by atoms with Crippen LogP contribution in [0.1, 0.15) is 32.9 Å². The van der Waals surface area contributed by atoms with Crippen LogP contribution >= 0.6 is 0 Å². The summed E-state index contributed by atoms with van der Waals surface area (Å²) in [7, 11) is 0. The third-order valence-corrected chi connectivity index (χ3v) is 4.52. The number of halogens is 1. The zero-order valence-corrected chi connectivity index (χ0v) is 14.4. The molecule has 27 heavy (non-hydrogen) atoms. The molecule has 136 valence electrons. The zero-order chi connectivity index (χ0) is 18.8. The Bertz CT molecular complexity index is 998. The maximum atomic E-state index is 13.3. The molecule has 1 aliphatic heterocycles. The number of rotatable bonds is 3. The minimum absolute atomic E-state index is 0.183. The first-order chi connectivity index (χ1) is 13.1. The Morgan fingerprint density at radius 3 is 2.74 bits per heavy atom. The summed E-state index contributed by atoms with van der Waals surface area (Å²) >= 11 is 0. The van der Waals surface area contributed by atoms with Gasteiger partial charge in [-0.25, -0.2) is 4.39 Å². The SMILES string of the molecule is O=C(Nc1ccc2c(c1)CCCN2C(=O)c1ccco1)c1cccc(F)c1. The van der Waals surface area contributed by atoms with E-state index < -0.39 is 5.82 Å². The Hall–Kier alpha value is -3.41. The lowest BCUT2D eigenvalue weighted by Gasteiger charge is -2.29. The second-order valence-corrected chi connectivity index (χ2v) is 6.35. The average Bonchev–Trinajstić information content (AvgIpc) is 3.21. The van der Waals surface area contributed by atoms with Crippen LogP contribution in [0.3, 0.4) is 0 Å². The Labute approximate surface area is 155 Å². The summed E-state index contributed by atoms with van der Waals surface area (Å²) in [6.45, 7) is 0.613. The lowest BCUT2D eigenvalue weighted by molar-refractivity contribution is 0.0957. The van der Waals surface area contributed by atoms with Gasteiger partial charge in [0.25, 0.3) is 11.8 Å². The quantitative estimate of drug-likeness (QED) is 0.755. The van der Waals surface area contributed by atoms with Crippen molar-refractivity contribution >= 4 is 23.2 Å². The summed E-state index contributed by atoms with van der Waals surface area (Å²) in [4.78, 5) is 26.6. The molecule has 0 bridgehead atoms. The van der Waals surface area contributed by atoms with E-state index in [1.54, 1.807) is 29.2 Å². The number of nitrogens with zero attached hydrogens (tertiary/aromatic N) is 1. The smallest absolute Gasteiger partial charge is 0.293 e. The van der Waals surface area contributed by atoms with Gasteiger partial charge in [0.15, 0.2) is 5.76 Å². The number of benzene rings is 2. The highest BCUT2D eigenvalue weighted by atomic mass is 19.1. The largest absolute Gasteiger partial charge is 0.459 e. The number of hydrogen-bond acceptors (Lipinski definition) is 3. The Kier molecular flexibility index (Phi) is 4.46. The van der Waals surface area contributed by atoms with Crippen LogP contribution in [0, 0.1) is 5.82 Å². The van der Waals surface area contributed by atoms with E-state index in [9.17, 15) is 14.0 Å². The fourth-order valence-corrected chi connectivity index (χ4v) is 3.25. The molecule has 0 radical (unpaired) electrons. The highest BCUT2D eigenvalue weighted by Crippen LogP contribution is 2.31. The molecular formula is C21H17FN2O3. The van der Waals surface area contributed by atoms with Gasteiger partial charge in [-0.3, -0.25) is 9.59 Å². The molecular weight excluding hydrogens is 347 g/mol. The molecule has 0 unspecified atom stereocenters. The van der Waals surface area contributed by atoms with E-state index in [-0.39, 0.29) is 17.4 Å². The fraction of sp³-hybridized carbons (Fsp3) is 0.143. The topological polar surface area (TPSA) is 62.6 Å². The Morgan fingerprint density at radius 2 is 1.96 bits per heavy atom. The second-order valence-electron chi connectivity index (χ2n) is 6.35. The fourth-order valence-electron chi connectivity index (χ4n) is 3.25. The van der Waals surface area contributed by atoms with Crippen LogP contribution in [0.2, 0.25) is 0 Å². The van der Waals surface area contributed by atoms with Crippen molar-refractivity contribution in [3.05, 3.63) is 83.6 Å². The predicted molar refractivity (Wildman–Crippen MR) is 99.5 cm³/mol. The summed E-state index contributed by atoms with van der Waals surface area (Å²) in [5.74, 6) is -0.724. The van der Waals surface area contributed by atoms with E-state index in [0.29, 0.717) is 18.0 Å². The highest BCUT2D eigenvalue weighted by molar-refractivity contribution is 6.06. The van der Waals surface area contributed by atoms with Gasteiger partial charge in [0.05, 0.1) is 6.26 Å². The molecule has 4 rings (SSSR count). The molecule has 2 amide bonds. The van der Waals surface area contributed by atoms with Crippen molar-refractivity contribution in [1.82, 2.24) is 0 Å². The van der Waals surface area contributed by atoms with Crippen molar-refractivity contribution in [2.45, 2.75) is 12.8 Å². The number of furan rings is 1. The standard InChI is InChI=1S/C21H17FN2O3/c22-16-6-1-4-15(12-16)20(25)23-17-8-9-18-14(13-17)5-2-10-24(18)21(26)19-7-3-11-27-19/h1,3-4,6-9,11-13H,2,5,10H2,(H,23,25). The van der Waals surface area contributed by atoms with E-state index in [4.69, 9.17) is 4.42 Å². The first kappa shape index (κ1) is 17.0. The monoisotopic (exact) mass is 364 g/mol. The maximum absolute atomic E-state index is 13.3. The Morgan fingerprint density at radius 1 is 1.07 bits per heavy atom. The van der Waals surface area contributed by atoms with Crippen molar-refractivity contribution in [2.75, 3.05) is 16.8 Å². The molecule has 1 aliphatic rings. The van der Waals surface area contributed by atoms with Gasteiger partial charge in [-0.1, -0.05) is 6.07 Å². The molecule has 2 heterocycles. The average molecular weight is 364 g/mol. The first-order valence-corrected chi connectivity index (χ1v) is 8.67. The van der Waals surface area contributed by atoms with Crippen molar-refractivity contribution in [2.24, 2.45) is 0 Å². The molecule has 0 atom stereocenters. The van der Waals surface area contributed by atoms with Crippen molar-refractivity contribution in [3.8, 4) is 0 Å². The normalized spacial score (nSPS) is 13.1. The summed E-state index contributed by atoms with van der Waals surface area (Å²) < 4.78 is 18.5. The van der Waals surface area contributed by atoms with E-state index in [1.807, 2.05) is 12.1 Å².